The zero-order valence-corrected chi connectivity index (χ0v) is 9.33. The SMILES string of the molecule is Cc1ccc2cnn(-c3ccnc(N)n3)c2c1. The van der Waals surface area contributed by atoms with Crippen LogP contribution in [0.3, 0.4) is 0 Å². The first-order valence-corrected chi connectivity index (χ1v) is 5.27. The highest BCUT2D eigenvalue weighted by atomic mass is 15.3. The first kappa shape index (κ1) is 9.77. The monoisotopic (exact) mass is 225 g/mol. The summed E-state index contributed by atoms with van der Waals surface area (Å²) >= 11 is 0. The second kappa shape index (κ2) is 3.55. The molecule has 0 bridgehead atoms. The van der Waals surface area contributed by atoms with E-state index >= 15 is 0 Å². The number of aromatic nitrogens is 4. The van der Waals surface area contributed by atoms with Gasteiger partial charge >= 0.3 is 0 Å². The van der Waals surface area contributed by atoms with Crippen molar-refractivity contribution in [3.05, 3.63) is 42.2 Å². The lowest BCUT2D eigenvalue weighted by Gasteiger charge is -2.03. The van der Waals surface area contributed by atoms with Gasteiger partial charge in [-0.15, -0.1) is 0 Å². The van der Waals surface area contributed by atoms with E-state index in [0.717, 1.165) is 10.9 Å². The highest BCUT2D eigenvalue weighted by Gasteiger charge is 2.06. The number of anilines is 1. The van der Waals surface area contributed by atoms with Crippen molar-refractivity contribution in [2.75, 3.05) is 5.73 Å². The molecule has 2 N–H and O–H groups in total. The van der Waals surface area contributed by atoms with E-state index in [-0.39, 0.29) is 5.95 Å². The molecule has 2 heterocycles. The Morgan fingerprint density at radius 3 is 2.94 bits per heavy atom. The number of nitrogens with two attached hydrogens (primary N) is 1. The molecular weight excluding hydrogens is 214 g/mol. The van der Waals surface area contributed by atoms with Crippen molar-refractivity contribution < 1.29 is 0 Å². The predicted octanol–water partition coefficient (Wildman–Crippen LogP) is 1.71. The number of nitrogens with zero attached hydrogens (tertiary/aromatic N) is 4. The van der Waals surface area contributed by atoms with Crippen LogP contribution in [-0.4, -0.2) is 19.7 Å². The van der Waals surface area contributed by atoms with Crippen molar-refractivity contribution in [2.45, 2.75) is 6.92 Å². The van der Waals surface area contributed by atoms with Gasteiger partial charge in [-0.05, 0) is 18.6 Å². The number of aryl methyl sites for hydroxylation is 1. The van der Waals surface area contributed by atoms with Gasteiger partial charge in [0.15, 0.2) is 5.82 Å². The van der Waals surface area contributed by atoms with Crippen LogP contribution in [0.5, 0.6) is 0 Å². The number of fused-ring (bicyclic) bond motifs is 1. The molecule has 0 saturated carbocycles. The lowest BCUT2D eigenvalue weighted by molar-refractivity contribution is 0.869. The van der Waals surface area contributed by atoms with Crippen molar-refractivity contribution in [1.82, 2.24) is 19.7 Å². The van der Waals surface area contributed by atoms with Crippen LogP contribution in [0.15, 0.2) is 36.7 Å². The van der Waals surface area contributed by atoms with Crippen LogP contribution in [0.4, 0.5) is 5.95 Å². The van der Waals surface area contributed by atoms with Crippen LogP contribution in [0.1, 0.15) is 5.56 Å². The lowest BCUT2D eigenvalue weighted by Crippen LogP contribution is -2.03. The Hall–Kier alpha value is -2.43. The van der Waals surface area contributed by atoms with Gasteiger partial charge in [-0.25, -0.2) is 9.67 Å². The molecule has 84 valence electrons. The number of hydrogen-bond acceptors (Lipinski definition) is 4. The number of benzene rings is 1. The molecule has 0 aliphatic heterocycles. The van der Waals surface area contributed by atoms with Crippen LogP contribution in [-0.2, 0) is 0 Å². The Balaban J connectivity index is 2.27. The normalized spacial score (nSPS) is 10.9. The summed E-state index contributed by atoms with van der Waals surface area (Å²) < 4.78 is 1.76. The lowest BCUT2D eigenvalue weighted by atomic mass is 10.2. The minimum atomic E-state index is 0.249. The van der Waals surface area contributed by atoms with Gasteiger partial charge in [-0.1, -0.05) is 12.1 Å². The first-order chi connectivity index (χ1) is 8.24. The predicted molar refractivity (Wildman–Crippen MR) is 65.8 cm³/mol. The Bertz CT molecular complexity index is 686. The molecule has 17 heavy (non-hydrogen) atoms. The smallest absolute Gasteiger partial charge is 0.221 e. The van der Waals surface area contributed by atoms with E-state index in [1.807, 2.05) is 19.2 Å². The van der Waals surface area contributed by atoms with E-state index in [1.165, 1.54) is 5.56 Å². The van der Waals surface area contributed by atoms with Crippen molar-refractivity contribution in [3.63, 3.8) is 0 Å². The third-order valence-corrected chi connectivity index (χ3v) is 2.60. The summed E-state index contributed by atoms with van der Waals surface area (Å²) in [5.41, 5.74) is 7.77. The highest BCUT2D eigenvalue weighted by Crippen LogP contribution is 2.18. The molecule has 0 amide bonds. The quantitative estimate of drug-likeness (QED) is 0.684. The zero-order valence-electron chi connectivity index (χ0n) is 9.33. The zero-order chi connectivity index (χ0) is 11.8. The molecule has 3 aromatic rings. The third kappa shape index (κ3) is 1.61. The molecule has 0 unspecified atom stereocenters. The average Bonchev–Trinajstić information content (AvgIpc) is 2.71. The summed E-state index contributed by atoms with van der Waals surface area (Å²) in [4.78, 5) is 8.04. The van der Waals surface area contributed by atoms with Gasteiger partial charge in [0.2, 0.25) is 5.95 Å². The number of hydrogen-bond donors (Lipinski definition) is 1. The van der Waals surface area contributed by atoms with E-state index in [4.69, 9.17) is 5.73 Å². The average molecular weight is 225 g/mol. The number of rotatable bonds is 1. The molecule has 1 aromatic carbocycles. The Kier molecular flexibility index (Phi) is 2.04. The van der Waals surface area contributed by atoms with Gasteiger partial charge in [0.25, 0.3) is 0 Å². The van der Waals surface area contributed by atoms with E-state index in [0.29, 0.717) is 5.82 Å². The molecule has 0 saturated heterocycles. The summed E-state index contributed by atoms with van der Waals surface area (Å²) in [6.45, 7) is 2.05. The molecule has 5 nitrogen and oxygen atoms in total. The van der Waals surface area contributed by atoms with Gasteiger partial charge in [-0.3, -0.25) is 0 Å². The van der Waals surface area contributed by atoms with Gasteiger partial charge in [0.05, 0.1) is 11.7 Å². The molecule has 5 heteroatoms. The molecule has 2 aromatic heterocycles. The van der Waals surface area contributed by atoms with Crippen LogP contribution >= 0.6 is 0 Å². The van der Waals surface area contributed by atoms with E-state index in [9.17, 15) is 0 Å². The molecule has 3 rings (SSSR count). The minimum Gasteiger partial charge on any atom is -0.368 e. The maximum atomic E-state index is 5.58. The molecule has 0 radical (unpaired) electrons. The Morgan fingerprint density at radius 1 is 1.24 bits per heavy atom. The Labute approximate surface area is 97.9 Å². The fraction of sp³-hybridized carbons (Fsp3) is 0.0833. The molecule has 0 atom stereocenters. The highest BCUT2D eigenvalue weighted by molar-refractivity contribution is 5.80. The summed E-state index contributed by atoms with van der Waals surface area (Å²) in [6, 6.07) is 7.95. The van der Waals surface area contributed by atoms with Gasteiger partial charge in [0, 0.05) is 17.6 Å². The van der Waals surface area contributed by atoms with Crippen LogP contribution in [0.2, 0.25) is 0 Å². The molecule has 0 aliphatic rings. The summed E-state index contributed by atoms with van der Waals surface area (Å²) in [5, 5.41) is 5.40. The molecule has 0 aliphatic carbocycles. The molecule has 0 spiro atoms. The van der Waals surface area contributed by atoms with Crippen LogP contribution in [0, 0.1) is 6.92 Å². The van der Waals surface area contributed by atoms with Crippen molar-refractivity contribution in [1.29, 1.82) is 0 Å². The van der Waals surface area contributed by atoms with E-state index in [1.54, 1.807) is 16.9 Å². The maximum absolute atomic E-state index is 5.58. The first-order valence-electron chi connectivity index (χ1n) is 5.27. The number of nitrogen functional groups attached to an aromatic ring is 1. The van der Waals surface area contributed by atoms with Gasteiger partial charge in [0.1, 0.15) is 0 Å². The van der Waals surface area contributed by atoms with E-state index < -0.39 is 0 Å². The van der Waals surface area contributed by atoms with Gasteiger partial charge < -0.3 is 5.73 Å². The van der Waals surface area contributed by atoms with Gasteiger partial charge in [-0.2, -0.15) is 10.1 Å². The maximum Gasteiger partial charge on any atom is 0.221 e. The third-order valence-electron chi connectivity index (χ3n) is 2.60. The molecule has 0 fully saturated rings. The fourth-order valence-corrected chi connectivity index (χ4v) is 1.79. The topological polar surface area (TPSA) is 69.6 Å². The largest absolute Gasteiger partial charge is 0.368 e. The summed E-state index contributed by atoms with van der Waals surface area (Å²) in [7, 11) is 0. The fourth-order valence-electron chi connectivity index (χ4n) is 1.79. The van der Waals surface area contributed by atoms with Crippen LogP contribution in [0.25, 0.3) is 16.7 Å². The van der Waals surface area contributed by atoms with Crippen molar-refractivity contribution in [2.24, 2.45) is 0 Å². The second-order valence-corrected chi connectivity index (χ2v) is 3.89. The Morgan fingerprint density at radius 2 is 2.12 bits per heavy atom. The standard InChI is InChI=1S/C12H11N5/c1-8-2-3-9-7-15-17(10(9)6-8)11-4-5-14-12(13)16-11/h2-7H,1H3,(H2,13,14,16). The molecular formula is C12H11N5. The summed E-state index contributed by atoms with van der Waals surface area (Å²) in [6.07, 6.45) is 3.44. The van der Waals surface area contributed by atoms with Crippen molar-refractivity contribution >= 4 is 16.9 Å². The summed E-state index contributed by atoms with van der Waals surface area (Å²) in [5.74, 6) is 0.928. The minimum absolute atomic E-state index is 0.249. The van der Waals surface area contributed by atoms with Crippen molar-refractivity contribution in [3.8, 4) is 5.82 Å². The van der Waals surface area contributed by atoms with E-state index in [2.05, 4.69) is 27.2 Å². The van der Waals surface area contributed by atoms with Crippen LogP contribution < -0.4 is 5.73 Å². The second-order valence-electron chi connectivity index (χ2n) is 3.89.